The van der Waals surface area contributed by atoms with E-state index in [1.165, 1.54) is 0 Å². The Morgan fingerprint density at radius 2 is 2.23 bits per heavy atom. The van der Waals surface area contributed by atoms with Crippen LogP contribution in [0.5, 0.6) is 0 Å². The lowest BCUT2D eigenvalue weighted by atomic mass is 9.88. The predicted molar refractivity (Wildman–Crippen MR) is 54.0 cm³/mol. The van der Waals surface area contributed by atoms with E-state index in [9.17, 15) is 4.39 Å². The zero-order chi connectivity index (χ0) is 9.42. The van der Waals surface area contributed by atoms with Crippen LogP contribution in [0.3, 0.4) is 0 Å². The van der Waals surface area contributed by atoms with E-state index in [-0.39, 0.29) is 11.9 Å². The Morgan fingerprint density at radius 3 is 3.00 bits per heavy atom. The molecule has 0 spiro atoms. The Morgan fingerprint density at radius 1 is 1.46 bits per heavy atom. The molecule has 0 unspecified atom stereocenters. The van der Waals surface area contributed by atoms with Crippen molar-refractivity contribution < 1.29 is 4.39 Å². The second-order valence-corrected chi connectivity index (χ2v) is 4.32. The zero-order valence-electron chi connectivity index (χ0n) is 7.19. The number of halogens is 2. The summed E-state index contributed by atoms with van der Waals surface area (Å²) in [6.45, 7) is 0. The van der Waals surface area contributed by atoms with Crippen molar-refractivity contribution in [2.45, 2.75) is 25.3 Å². The molecule has 0 fully saturated rings. The van der Waals surface area contributed by atoms with Crippen LogP contribution >= 0.6 is 15.9 Å². The Balaban J connectivity index is 2.52. The van der Waals surface area contributed by atoms with E-state index in [1.54, 1.807) is 6.07 Å². The molecule has 70 valence electrons. The van der Waals surface area contributed by atoms with Gasteiger partial charge in [0, 0.05) is 6.04 Å². The molecule has 2 N–H and O–H groups in total. The van der Waals surface area contributed by atoms with E-state index in [2.05, 4.69) is 15.9 Å². The van der Waals surface area contributed by atoms with Crippen molar-refractivity contribution >= 4 is 15.9 Å². The van der Waals surface area contributed by atoms with Gasteiger partial charge in [-0.2, -0.15) is 0 Å². The largest absolute Gasteiger partial charge is 0.324 e. The lowest BCUT2D eigenvalue weighted by molar-refractivity contribution is 0.558. The van der Waals surface area contributed by atoms with Crippen molar-refractivity contribution in [1.29, 1.82) is 0 Å². The molecular formula is C10H11BrFN. The van der Waals surface area contributed by atoms with Gasteiger partial charge in [0.1, 0.15) is 5.82 Å². The van der Waals surface area contributed by atoms with Gasteiger partial charge in [0.05, 0.1) is 4.47 Å². The Bertz CT molecular complexity index is 338. The number of hydrogen-bond donors (Lipinski definition) is 1. The molecule has 1 nitrogen and oxygen atoms in total. The first-order chi connectivity index (χ1) is 6.18. The molecule has 3 heteroatoms. The van der Waals surface area contributed by atoms with Crippen LogP contribution in [-0.4, -0.2) is 0 Å². The molecule has 0 radical (unpaired) electrons. The fourth-order valence-electron chi connectivity index (χ4n) is 1.83. The molecule has 0 heterocycles. The third-order valence-electron chi connectivity index (χ3n) is 2.54. The maximum absolute atomic E-state index is 13.1. The van der Waals surface area contributed by atoms with Gasteiger partial charge in [-0.15, -0.1) is 0 Å². The number of rotatable bonds is 0. The topological polar surface area (TPSA) is 26.0 Å². The lowest BCUT2D eigenvalue weighted by Gasteiger charge is -2.22. The summed E-state index contributed by atoms with van der Waals surface area (Å²) < 4.78 is 13.7. The van der Waals surface area contributed by atoms with Gasteiger partial charge in [-0.25, -0.2) is 4.39 Å². The summed E-state index contributed by atoms with van der Waals surface area (Å²) in [6.07, 6.45) is 3.02. The molecule has 2 rings (SSSR count). The van der Waals surface area contributed by atoms with E-state index < -0.39 is 0 Å². The van der Waals surface area contributed by atoms with Crippen LogP contribution in [0.2, 0.25) is 0 Å². The highest BCUT2D eigenvalue weighted by molar-refractivity contribution is 9.10. The Labute approximate surface area is 85.3 Å². The minimum Gasteiger partial charge on any atom is -0.324 e. The molecule has 0 bridgehead atoms. The zero-order valence-corrected chi connectivity index (χ0v) is 8.77. The lowest BCUT2D eigenvalue weighted by Crippen LogP contribution is -2.17. The summed E-state index contributed by atoms with van der Waals surface area (Å²) in [6, 6.07) is 3.49. The highest BCUT2D eigenvalue weighted by Gasteiger charge is 2.18. The number of benzene rings is 1. The summed E-state index contributed by atoms with van der Waals surface area (Å²) in [5, 5.41) is 0. The summed E-state index contributed by atoms with van der Waals surface area (Å²) in [5.41, 5.74) is 8.09. The van der Waals surface area contributed by atoms with Crippen molar-refractivity contribution in [1.82, 2.24) is 0 Å². The summed E-state index contributed by atoms with van der Waals surface area (Å²) >= 11 is 3.17. The van der Waals surface area contributed by atoms with Crippen LogP contribution in [0.4, 0.5) is 4.39 Å². The average Bonchev–Trinajstić information content (AvgIpc) is 2.09. The smallest absolute Gasteiger partial charge is 0.137 e. The number of aryl methyl sites for hydroxylation is 1. The van der Waals surface area contributed by atoms with Crippen molar-refractivity contribution in [3.05, 3.63) is 33.5 Å². The SMILES string of the molecule is N[C@H]1CCCc2cc(F)c(Br)cc21. The molecular weight excluding hydrogens is 233 g/mol. The molecule has 0 amide bonds. The maximum atomic E-state index is 13.1. The Hall–Kier alpha value is -0.410. The van der Waals surface area contributed by atoms with Crippen molar-refractivity contribution in [2.75, 3.05) is 0 Å². The normalized spacial score (nSPS) is 21.3. The molecule has 13 heavy (non-hydrogen) atoms. The molecule has 1 atom stereocenters. The van der Waals surface area contributed by atoms with Crippen molar-refractivity contribution in [2.24, 2.45) is 5.73 Å². The highest BCUT2D eigenvalue weighted by atomic mass is 79.9. The van der Waals surface area contributed by atoms with Crippen molar-refractivity contribution in [3.8, 4) is 0 Å². The predicted octanol–water partition coefficient (Wildman–Crippen LogP) is 2.92. The molecule has 1 aliphatic carbocycles. The van der Waals surface area contributed by atoms with Crippen LogP contribution in [0, 0.1) is 5.82 Å². The standard InChI is InChI=1S/C10H11BrFN/c11-8-5-7-6(4-9(8)12)2-1-3-10(7)13/h4-5,10H,1-3,13H2/t10-/m0/s1. The van der Waals surface area contributed by atoms with Crippen LogP contribution in [0.25, 0.3) is 0 Å². The van der Waals surface area contributed by atoms with Gasteiger partial charge in [0.15, 0.2) is 0 Å². The average molecular weight is 244 g/mol. The van der Waals surface area contributed by atoms with Gasteiger partial charge in [-0.3, -0.25) is 0 Å². The fraction of sp³-hybridized carbons (Fsp3) is 0.400. The van der Waals surface area contributed by atoms with Crippen LogP contribution in [-0.2, 0) is 6.42 Å². The molecule has 0 aromatic heterocycles. The molecule has 1 aromatic rings. The minimum atomic E-state index is -0.187. The van der Waals surface area contributed by atoms with Crippen LogP contribution in [0.15, 0.2) is 16.6 Å². The summed E-state index contributed by atoms with van der Waals surface area (Å²) in [7, 11) is 0. The monoisotopic (exact) mass is 243 g/mol. The molecule has 1 aliphatic rings. The Kier molecular flexibility index (Phi) is 2.39. The van der Waals surface area contributed by atoms with E-state index in [4.69, 9.17) is 5.73 Å². The third-order valence-corrected chi connectivity index (χ3v) is 3.15. The van der Waals surface area contributed by atoms with E-state index in [0.717, 1.165) is 30.4 Å². The first kappa shape index (κ1) is 9.16. The van der Waals surface area contributed by atoms with Gasteiger partial charge < -0.3 is 5.73 Å². The van der Waals surface area contributed by atoms with Gasteiger partial charge in [0.25, 0.3) is 0 Å². The van der Waals surface area contributed by atoms with E-state index in [0.29, 0.717) is 4.47 Å². The van der Waals surface area contributed by atoms with E-state index >= 15 is 0 Å². The second kappa shape index (κ2) is 3.39. The first-order valence-corrected chi connectivity index (χ1v) is 5.21. The van der Waals surface area contributed by atoms with Gasteiger partial charge in [-0.1, -0.05) is 0 Å². The highest BCUT2D eigenvalue weighted by Crippen LogP contribution is 2.31. The fourth-order valence-corrected chi connectivity index (χ4v) is 2.19. The molecule has 0 aliphatic heterocycles. The van der Waals surface area contributed by atoms with E-state index in [1.807, 2.05) is 6.07 Å². The molecule has 0 saturated carbocycles. The van der Waals surface area contributed by atoms with Gasteiger partial charge in [0.2, 0.25) is 0 Å². The third kappa shape index (κ3) is 1.63. The second-order valence-electron chi connectivity index (χ2n) is 3.46. The first-order valence-electron chi connectivity index (χ1n) is 4.42. The number of fused-ring (bicyclic) bond motifs is 1. The number of nitrogens with two attached hydrogens (primary N) is 1. The molecule has 1 aromatic carbocycles. The summed E-state index contributed by atoms with van der Waals surface area (Å²) in [5.74, 6) is -0.187. The summed E-state index contributed by atoms with van der Waals surface area (Å²) in [4.78, 5) is 0. The molecule has 0 saturated heterocycles. The van der Waals surface area contributed by atoms with Crippen LogP contribution in [0.1, 0.15) is 30.0 Å². The van der Waals surface area contributed by atoms with Gasteiger partial charge >= 0.3 is 0 Å². The number of hydrogen-bond acceptors (Lipinski definition) is 1. The maximum Gasteiger partial charge on any atom is 0.137 e. The van der Waals surface area contributed by atoms with Crippen molar-refractivity contribution in [3.63, 3.8) is 0 Å². The minimum absolute atomic E-state index is 0.0839. The van der Waals surface area contributed by atoms with Crippen LogP contribution < -0.4 is 5.73 Å². The quantitative estimate of drug-likeness (QED) is 0.746. The van der Waals surface area contributed by atoms with Gasteiger partial charge in [-0.05, 0) is 58.5 Å².